The van der Waals surface area contributed by atoms with Gasteiger partial charge in [0.25, 0.3) is 0 Å². The van der Waals surface area contributed by atoms with E-state index < -0.39 is 0 Å². The molecule has 1 saturated carbocycles. The van der Waals surface area contributed by atoms with Crippen LogP contribution in [0.1, 0.15) is 32.1 Å². The van der Waals surface area contributed by atoms with Gasteiger partial charge in [-0.1, -0.05) is 18.2 Å². The predicted molar refractivity (Wildman–Crippen MR) is 79.8 cm³/mol. The third-order valence-corrected chi connectivity index (χ3v) is 3.21. The van der Waals surface area contributed by atoms with Gasteiger partial charge in [0.05, 0.1) is 6.61 Å². The van der Waals surface area contributed by atoms with Crippen LogP contribution in [-0.4, -0.2) is 31.6 Å². The first-order valence-corrected chi connectivity index (χ1v) is 7.52. The molecular formula is C16H24N2O2. The maximum atomic E-state index is 11.4. The smallest absolute Gasteiger partial charge is 0.220 e. The van der Waals surface area contributed by atoms with E-state index in [4.69, 9.17) is 4.74 Å². The van der Waals surface area contributed by atoms with Crippen LogP contribution in [0.3, 0.4) is 0 Å². The molecule has 1 aromatic carbocycles. The molecule has 2 rings (SSSR count). The quantitative estimate of drug-likeness (QED) is 0.643. The van der Waals surface area contributed by atoms with Crippen LogP contribution in [0, 0.1) is 0 Å². The monoisotopic (exact) mass is 276 g/mol. The average molecular weight is 276 g/mol. The fourth-order valence-electron chi connectivity index (χ4n) is 1.93. The van der Waals surface area contributed by atoms with Crippen molar-refractivity contribution >= 4 is 5.91 Å². The normalized spacial score (nSPS) is 14.0. The lowest BCUT2D eigenvalue weighted by molar-refractivity contribution is -0.121. The molecule has 1 aliphatic rings. The first kappa shape index (κ1) is 14.9. The van der Waals surface area contributed by atoms with Gasteiger partial charge in [-0.25, -0.2) is 0 Å². The van der Waals surface area contributed by atoms with Crippen molar-refractivity contribution in [2.75, 3.05) is 19.7 Å². The molecule has 0 aliphatic heterocycles. The Morgan fingerprint density at radius 1 is 1.15 bits per heavy atom. The van der Waals surface area contributed by atoms with Gasteiger partial charge >= 0.3 is 0 Å². The molecule has 4 nitrogen and oxygen atoms in total. The molecule has 0 saturated heterocycles. The number of rotatable bonds is 10. The Kier molecular flexibility index (Phi) is 6.38. The van der Waals surface area contributed by atoms with Crippen LogP contribution in [0.25, 0.3) is 0 Å². The largest absolute Gasteiger partial charge is 0.494 e. The number of hydrogen-bond donors (Lipinski definition) is 2. The summed E-state index contributed by atoms with van der Waals surface area (Å²) in [6.07, 6.45) is 4.82. The zero-order valence-corrected chi connectivity index (χ0v) is 11.9. The first-order chi connectivity index (χ1) is 9.84. The fourth-order valence-corrected chi connectivity index (χ4v) is 1.93. The molecule has 0 bridgehead atoms. The highest BCUT2D eigenvalue weighted by Gasteiger charge is 2.22. The zero-order chi connectivity index (χ0) is 14.0. The average Bonchev–Trinajstić information content (AvgIpc) is 3.27. The highest BCUT2D eigenvalue weighted by Crippen LogP contribution is 2.18. The summed E-state index contributed by atoms with van der Waals surface area (Å²) in [7, 11) is 0. The Labute approximate surface area is 120 Å². The van der Waals surface area contributed by atoms with Gasteiger partial charge in [-0.15, -0.1) is 0 Å². The third-order valence-electron chi connectivity index (χ3n) is 3.21. The summed E-state index contributed by atoms with van der Waals surface area (Å²) >= 11 is 0. The minimum atomic E-state index is 0.196. The molecule has 20 heavy (non-hydrogen) atoms. The van der Waals surface area contributed by atoms with Crippen LogP contribution < -0.4 is 15.4 Å². The van der Waals surface area contributed by atoms with Crippen molar-refractivity contribution in [3.05, 3.63) is 30.3 Å². The predicted octanol–water partition coefficient (Wildman–Crippen LogP) is 2.10. The molecule has 1 aromatic rings. The minimum Gasteiger partial charge on any atom is -0.494 e. The first-order valence-electron chi connectivity index (χ1n) is 7.52. The SMILES string of the molecule is O=C(CCCNCCCOc1ccccc1)NC1CC1. The van der Waals surface area contributed by atoms with E-state index in [1.165, 1.54) is 0 Å². The lowest BCUT2D eigenvalue weighted by Crippen LogP contribution is -2.26. The van der Waals surface area contributed by atoms with Gasteiger partial charge in [0.1, 0.15) is 5.75 Å². The maximum Gasteiger partial charge on any atom is 0.220 e. The fraction of sp³-hybridized carbons (Fsp3) is 0.562. The molecule has 1 amide bonds. The van der Waals surface area contributed by atoms with E-state index >= 15 is 0 Å². The van der Waals surface area contributed by atoms with E-state index in [-0.39, 0.29) is 5.91 Å². The number of amides is 1. The molecule has 0 atom stereocenters. The van der Waals surface area contributed by atoms with E-state index in [0.29, 0.717) is 12.5 Å². The summed E-state index contributed by atoms with van der Waals surface area (Å²) in [6.45, 7) is 2.54. The Balaban J connectivity index is 1.37. The molecule has 0 unspecified atom stereocenters. The van der Waals surface area contributed by atoms with E-state index in [1.54, 1.807) is 0 Å². The van der Waals surface area contributed by atoms with E-state index in [1.807, 2.05) is 30.3 Å². The number of ether oxygens (including phenoxy) is 1. The number of para-hydroxylation sites is 1. The summed E-state index contributed by atoms with van der Waals surface area (Å²) in [5.41, 5.74) is 0. The van der Waals surface area contributed by atoms with Crippen LogP contribution in [0.15, 0.2) is 30.3 Å². The van der Waals surface area contributed by atoms with Gasteiger partial charge < -0.3 is 15.4 Å². The van der Waals surface area contributed by atoms with Crippen molar-refractivity contribution in [3.8, 4) is 5.75 Å². The molecule has 4 heteroatoms. The maximum absolute atomic E-state index is 11.4. The number of nitrogens with one attached hydrogen (secondary N) is 2. The zero-order valence-electron chi connectivity index (χ0n) is 11.9. The van der Waals surface area contributed by atoms with Crippen molar-refractivity contribution < 1.29 is 9.53 Å². The van der Waals surface area contributed by atoms with Gasteiger partial charge in [0.15, 0.2) is 0 Å². The van der Waals surface area contributed by atoms with Gasteiger partial charge in [-0.05, 0) is 50.9 Å². The second-order valence-corrected chi connectivity index (χ2v) is 5.21. The Bertz CT molecular complexity index is 391. The van der Waals surface area contributed by atoms with E-state index in [9.17, 15) is 4.79 Å². The van der Waals surface area contributed by atoms with Crippen molar-refractivity contribution in [1.29, 1.82) is 0 Å². The lowest BCUT2D eigenvalue weighted by Gasteiger charge is -2.07. The second-order valence-electron chi connectivity index (χ2n) is 5.21. The molecule has 1 fully saturated rings. The van der Waals surface area contributed by atoms with E-state index in [2.05, 4.69) is 10.6 Å². The second kappa shape index (κ2) is 8.59. The molecule has 2 N–H and O–H groups in total. The molecule has 0 radical (unpaired) electrons. The molecule has 1 aliphatic carbocycles. The number of carbonyl (C=O) groups is 1. The summed E-state index contributed by atoms with van der Waals surface area (Å²) < 4.78 is 5.60. The van der Waals surface area contributed by atoms with Gasteiger partial charge in [-0.3, -0.25) is 4.79 Å². The van der Waals surface area contributed by atoms with Crippen LogP contribution >= 0.6 is 0 Å². The van der Waals surface area contributed by atoms with E-state index in [0.717, 1.165) is 51.1 Å². The molecule has 0 aromatic heterocycles. The number of carbonyl (C=O) groups excluding carboxylic acids is 1. The van der Waals surface area contributed by atoms with Crippen molar-refractivity contribution in [2.45, 2.75) is 38.1 Å². The topological polar surface area (TPSA) is 50.4 Å². The van der Waals surface area contributed by atoms with Crippen LogP contribution in [0.2, 0.25) is 0 Å². The van der Waals surface area contributed by atoms with Crippen molar-refractivity contribution in [2.24, 2.45) is 0 Å². The highest BCUT2D eigenvalue weighted by atomic mass is 16.5. The minimum absolute atomic E-state index is 0.196. The van der Waals surface area contributed by atoms with Crippen molar-refractivity contribution in [1.82, 2.24) is 10.6 Å². The van der Waals surface area contributed by atoms with Gasteiger partial charge in [-0.2, -0.15) is 0 Å². The lowest BCUT2D eigenvalue weighted by atomic mass is 10.3. The number of benzene rings is 1. The van der Waals surface area contributed by atoms with Gasteiger partial charge in [0, 0.05) is 12.5 Å². The summed E-state index contributed by atoms with van der Waals surface area (Å²) in [6, 6.07) is 10.3. The molecule has 0 heterocycles. The van der Waals surface area contributed by atoms with Crippen LogP contribution in [0.4, 0.5) is 0 Å². The van der Waals surface area contributed by atoms with Gasteiger partial charge in [0.2, 0.25) is 5.91 Å². The standard InChI is InChI=1S/C16H24N2O2/c19-16(18-14-9-10-14)8-4-11-17-12-5-13-20-15-6-2-1-3-7-15/h1-3,6-7,14,17H,4-5,8-13H2,(H,18,19). The molecule has 110 valence electrons. The Morgan fingerprint density at radius 3 is 2.65 bits per heavy atom. The molecular weight excluding hydrogens is 252 g/mol. The Morgan fingerprint density at radius 2 is 1.90 bits per heavy atom. The summed E-state index contributed by atoms with van der Waals surface area (Å²) in [5, 5.41) is 6.33. The summed E-state index contributed by atoms with van der Waals surface area (Å²) in [5.74, 6) is 1.12. The highest BCUT2D eigenvalue weighted by molar-refractivity contribution is 5.76. The van der Waals surface area contributed by atoms with Crippen molar-refractivity contribution in [3.63, 3.8) is 0 Å². The third kappa shape index (κ3) is 6.57. The van der Waals surface area contributed by atoms with Crippen LogP contribution in [-0.2, 0) is 4.79 Å². The number of hydrogen-bond acceptors (Lipinski definition) is 3. The molecule has 0 spiro atoms. The van der Waals surface area contributed by atoms with Crippen LogP contribution in [0.5, 0.6) is 5.75 Å². The Hall–Kier alpha value is -1.55. The summed E-state index contributed by atoms with van der Waals surface area (Å²) in [4.78, 5) is 11.4.